The van der Waals surface area contributed by atoms with E-state index in [1.807, 2.05) is 25.1 Å². The lowest BCUT2D eigenvalue weighted by atomic mass is 10.0. The second kappa shape index (κ2) is 9.25. The Bertz CT molecular complexity index is 1420. The van der Waals surface area contributed by atoms with Gasteiger partial charge in [0.1, 0.15) is 23.5 Å². The molecular formula is C25H25NO6S. The molecule has 1 N–H and O–H groups in total. The van der Waals surface area contributed by atoms with E-state index in [0.29, 0.717) is 33.2 Å². The minimum atomic E-state index is -3.86. The molecule has 0 bridgehead atoms. The Morgan fingerprint density at radius 2 is 1.70 bits per heavy atom. The molecule has 1 heterocycles. The van der Waals surface area contributed by atoms with Crippen LogP contribution in [0.15, 0.2) is 63.9 Å². The Balaban J connectivity index is 1.83. The molecule has 0 saturated carbocycles. The fraction of sp³-hybridized carbons (Fsp3) is 0.240. The first kappa shape index (κ1) is 22.8. The number of fused-ring (bicyclic) bond motifs is 3. The Hall–Kier alpha value is -3.36. The molecule has 0 saturated heterocycles. The molecule has 33 heavy (non-hydrogen) atoms. The molecule has 0 aliphatic carbocycles. The summed E-state index contributed by atoms with van der Waals surface area (Å²) >= 11 is 0. The number of sulfonamides is 1. The quantitative estimate of drug-likeness (QED) is 0.287. The van der Waals surface area contributed by atoms with Gasteiger partial charge in [0.2, 0.25) is 0 Å². The zero-order chi connectivity index (χ0) is 23.6. The molecule has 7 nitrogen and oxygen atoms in total. The van der Waals surface area contributed by atoms with Gasteiger partial charge in [0, 0.05) is 23.3 Å². The van der Waals surface area contributed by atoms with Crippen molar-refractivity contribution in [3.05, 3.63) is 71.5 Å². The van der Waals surface area contributed by atoms with E-state index in [4.69, 9.17) is 13.9 Å². The summed E-state index contributed by atoms with van der Waals surface area (Å²) in [5.41, 5.74) is 2.16. The molecule has 0 aliphatic rings. The number of hydrogen-bond acceptors (Lipinski definition) is 6. The van der Waals surface area contributed by atoms with E-state index < -0.39 is 16.0 Å². The van der Waals surface area contributed by atoms with Crippen LogP contribution in [0.3, 0.4) is 0 Å². The number of carbonyl (C=O) groups excluding carboxylic acids is 1. The van der Waals surface area contributed by atoms with E-state index in [1.54, 1.807) is 43.3 Å². The third-order valence-electron chi connectivity index (χ3n) is 5.48. The monoisotopic (exact) mass is 467 g/mol. The van der Waals surface area contributed by atoms with Crippen molar-refractivity contribution in [3.8, 4) is 0 Å². The minimum Gasteiger partial charge on any atom is -0.460 e. The van der Waals surface area contributed by atoms with Crippen LogP contribution in [-0.4, -0.2) is 34.7 Å². The number of hydrogen-bond donors (Lipinski definition) is 1. The fourth-order valence-electron chi connectivity index (χ4n) is 3.77. The summed E-state index contributed by atoms with van der Waals surface area (Å²) in [7, 11) is -2.34. The van der Waals surface area contributed by atoms with Gasteiger partial charge < -0.3 is 13.9 Å². The third kappa shape index (κ3) is 4.44. The van der Waals surface area contributed by atoms with Gasteiger partial charge in [-0.3, -0.25) is 4.72 Å². The lowest BCUT2D eigenvalue weighted by molar-refractivity contribution is 0.0388. The van der Waals surface area contributed by atoms with Gasteiger partial charge in [-0.1, -0.05) is 43.3 Å². The van der Waals surface area contributed by atoms with Crippen molar-refractivity contribution < 1.29 is 27.1 Å². The normalized spacial score (nSPS) is 11.7. The number of nitrogens with one attached hydrogen (secondary N) is 1. The number of aryl methyl sites for hydroxylation is 2. The number of esters is 1. The molecule has 0 amide bonds. The smallest absolute Gasteiger partial charge is 0.342 e. The van der Waals surface area contributed by atoms with E-state index in [9.17, 15) is 13.2 Å². The van der Waals surface area contributed by atoms with Crippen LogP contribution in [0, 0.1) is 6.92 Å². The average Bonchev–Trinajstić information content (AvgIpc) is 3.15. The van der Waals surface area contributed by atoms with Crippen LogP contribution >= 0.6 is 0 Å². The summed E-state index contributed by atoms with van der Waals surface area (Å²) in [6, 6.07) is 15.7. The van der Waals surface area contributed by atoms with Crippen molar-refractivity contribution in [2.75, 3.05) is 25.0 Å². The molecule has 1 aromatic heterocycles. The van der Waals surface area contributed by atoms with Crippen molar-refractivity contribution in [2.24, 2.45) is 0 Å². The molecule has 0 atom stereocenters. The SMILES string of the molecule is CCc1ccc(S(=O)(=O)Nc2cc3c(C(=O)OCCOC)c(C)oc3c3ccccc23)cc1. The molecule has 0 fully saturated rings. The molecule has 0 unspecified atom stereocenters. The predicted molar refractivity (Wildman–Crippen MR) is 127 cm³/mol. The molecule has 172 valence electrons. The van der Waals surface area contributed by atoms with Crippen molar-refractivity contribution in [1.29, 1.82) is 0 Å². The van der Waals surface area contributed by atoms with E-state index in [2.05, 4.69) is 4.72 Å². The van der Waals surface area contributed by atoms with Crippen LogP contribution in [0.2, 0.25) is 0 Å². The van der Waals surface area contributed by atoms with E-state index >= 15 is 0 Å². The maximum Gasteiger partial charge on any atom is 0.342 e. The number of furan rings is 1. The highest BCUT2D eigenvalue weighted by Crippen LogP contribution is 2.37. The maximum atomic E-state index is 13.1. The van der Waals surface area contributed by atoms with Gasteiger partial charge in [-0.15, -0.1) is 0 Å². The number of benzene rings is 3. The molecule has 4 aromatic rings. The largest absolute Gasteiger partial charge is 0.460 e. The van der Waals surface area contributed by atoms with Crippen molar-refractivity contribution >= 4 is 43.4 Å². The van der Waals surface area contributed by atoms with Gasteiger partial charge in [0.25, 0.3) is 10.0 Å². The van der Waals surface area contributed by atoms with Gasteiger partial charge in [-0.05, 0) is 37.1 Å². The van der Waals surface area contributed by atoms with Crippen molar-refractivity contribution in [2.45, 2.75) is 25.2 Å². The van der Waals surface area contributed by atoms with Crippen LogP contribution in [0.4, 0.5) is 5.69 Å². The van der Waals surface area contributed by atoms with E-state index in [1.165, 1.54) is 7.11 Å². The summed E-state index contributed by atoms with van der Waals surface area (Å²) in [5, 5.41) is 1.83. The highest BCUT2D eigenvalue weighted by molar-refractivity contribution is 7.92. The number of methoxy groups -OCH3 is 1. The van der Waals surface area contributed by atoms with Gasteiger partial charge in [-0.25, -0.2) is 13.2 Å². The maximum absolute atomic E-state index is 13.1. The molecule has 0 spiro atoms. The second-order valence-corrected chi connectivity index (χ2v) is 9.29. The lowest BCUT2D eigenvalue weighted by Crippen LogP contribution is -2.13. The number of anilines is 1. The van der Waals surface area contributed by atoms with Gasteiger partial charge >= 0.3 is 5.97 Å². The zero-order valence-electron chi connectivity index (χ0n) is 18.7. The van der Waals surface area contributed by atoms with Crippen molar-refractivity contribution in [1.82, 2.24) is 0 Å². The fourth-order valence-corrected chi connectivity index (χ4v) is 4.84. The molecular weight excluding hydrogens is 442 g/mol. The molecule has 0 radical (unpaired) electrons. The predicted octanol–water partition coefficient (Wildman–Crippen LogP) is 5.06. The summed E-state index contributed by atoms with van der Waals surface area (Å²) in [5.74, 6) is -0.157. The number of carbonyl (C=O) groups is 1. The van der Waals surface area contributed by atoms with Gasteiger partial charge in [0.05, 0.1) is 17.2 Å². The topological polar surface area (TPSA) is 94.8 Å². The first-order valence-electron chi connectivity index (χ1n) is 10.6. The van der Waals surface area contributed by atoms with E-state index in [0.717, 1.165) is 12.0 Å². The van der Waals surface area contributed by atoms with Crippen LogP contribution < -0.4 is 4.72 Å². The first-order chi connectivity index (χ1) is 15.9. The molecule has 8 heteroatoms. The standard InChI is InChI=1S/C25H25NO6S/c1-4-17-9-11-18(12-10-17)33(28,29)26-22-15-21-23(25(27)31-14-13-30-3)16(2)32-24(21)20-8-6-5-7-19(20)22/h5-12,15,26H,4,13-14H2,1-3H3. The minimum absolute atomic E-state index is 0.0995. The highest BCUT2D eigenvalue weighted by atomic mass is 32.2. The van der Waals surface area contributed by atoms with Crippen LogP contribution in [0.5, 0.6) is 0 Å². The third-order valence-corrected chi connectivity index (χ3v) is 6.86. The zero-order valence-corrected chi connectivity index (χ0v) is 19.5. The van der Waals surface area contributed by atoms with Gasteiger partial charge in [-0.2, -0.15) is 0 Å². The summed E-state index contributed by atoms with van der Waals surface area (Å²) < 4.78 is 45.1. The second-order valence-electron chi connectivity index (χ2n) is 7.61. The average molecular weight is 468 g/mol. The Morgan fingerprint density at radius 3 is 2.36 bits per heavy atom. The summed E-state index contributed by atoms with van der Waals surface area (Å²) in [4.78, 5) is 12.9. The molecule has 4 rings (SSSR count). The van der Waals surface area contributed by atoms with Crippen molar-refractivity contribution in [3.63, 3.8) is 0 Å². The summed E-state index contributed by atoms with van der Waals surface area (Å²) in [6.07, 6.45) is 0.818. The summed E-state index contributed by atoms with van der Waals surface area (Å²) in [6.45, 7) is 4.06. The Labute approximate surface area is 192 Å². The number of ether oxygens (including phenoxy) is 2. The lowest BCUT2D eigenvalue weighted by Gasteiger charge is -2.12. The number of rotatable bonds is 8. The van der Waals surface area contributed by atoms with Gasteiger partial charge in [0.15, 0.2) is 0 Å². The molecule has 3 aromatic carbocycles. The van der Waals surface area contributed by atoms with Crippen LogP contribution in [0.1, 0.15) is 28.6 Å². The van der Waals surface area contributed by atoms with Crippen LogP contribution in [0.25, 0.3) is 21.7 Å². The Morgan fingerprint density at radius 1 is 1.00 bits per heavy atom. The first-order valence-corrected chi connectivity index (χ1v) is 12.1. The Kier molecular flexibility index (Phi) is 6.40. The van der Waals surface area contributed by atoms with E-state index in [-0.39, 0.29) is 23.7 Å². The molecule has 0 aliphatic heterocycles. The highest BCUT2D eigenvalue weighted by Gasteiger charge is 2.24. The van der Waals surface area contributed by atoms with Crippen LogP contribution in [-0.2, 0) is 25.9 Å².